The number of benzene rings is 1. The molecule has 0 unspecified atom stereocenters. The fourth-order valence-electron chi connectivity index (χ4n) is 1.09. The first-order valence-electron chi connectivity index (χ1n) is 4.17. The van der Waals surface area contributed by atoms with E-state index in [1.807, 2.05) is 0 Å². The van der Waals surface area contributed by atoms with Gasteiger partial charge in [0, 0.05) is 0 Å². The Morgan fingerprint density at radius 1 is 0.933 bits per heavy atom. The molecule has 76 valence electrons. The third-order valence-electron chi connectivity index (χ3n) is 1.77. The summed E-state index contributed by atoms with van der Waals surface area (Å²) in [6.45, 7) is 1.58. The Kier molecular flexibility index (Phi) is 2.32. The zero-order chi connectivity index (χ0) is 10.8. The van der Waals surface area contributed by atoms with Crippen LogP contribution < -0.4 is 0 Å². The van der Waals surface area contributed by atoms with Gasteiger partial charge in [0.05, 0.1) is 5.56 Å². The molecule has 0 aliphatic carbocycles. The summed E-state index contributed by atoms with van der Waals surface area (Å²) in [5, 5.41) is 14.3. The topological polar surface area (TPSA) is 51.6 Å². The predicted molar refractivity (Wildman–Crippen MR) is 47.7 cm³/mol. The van der Waals surface area contributed by atoms with Gasteiger partial charge in [0.15, 0.2) is 5.82 Å². The Labute approximate surface area is 84.0 Å². The third-order valence-corrected chi connectivity index (χ3v) is 1.77. The van der Waals surface area contributed by atoms with Crippen molar-refractivity contribution in [2.75, 3.05) is 0 Å². The summed E-state index contributed by atoms with van der Waals surface area (Å²) >= 11 is 0. The Hall–Kier alpha value is -1.98. The fourth-order valence-corrected chi connectivity index (χ4v) is 1.09. The lowest BCUT2D eigenvalue weighted by atomic mass is 10.2. The van der Waals surface area contributed by atoms with Crippen LogP contribution in [-0.2, 0) is 0 Å². The monoisotopic (exact) mass is 208 g/mol. The van der Waals surface area contributed by atoms with E-state index < -0.39 is 11.6 Å². The second-order valence-corrected chi connectivity index (χ2v) is 2.87. The Morgan fingerprint density at radius 2 is 1.47 bits per heavy atom. The van der Waals surface area contributed by atoms with Crippen LogP contribution in [-0.4, -0.2) is 20.4 Å². The SMILES string of the molecule is Cc1nnc(-c2c(F)cccc2F)nn1. The molecule has 0 spiro atoms. The fraction of sp³-hybridized carbons (Fsp3) is 0.111. The highest BCUT2D eigenvalue weighted by Crippen LogP contribution is 2.20. The van der Waals surface area contributed by atoms with Gasteiger partial charge in [0.1, 0.15) is 11.6 Å². The quantitative estimate of drug-likeness (QED) is 0.712. The first-order chi connectivity index (χ1) is 7.18. The molecule has 0 aliphatic heterocycles. The minimum atomic E-state index is -0.734. The number of nitrogens with zero attached hydrogens (tertiary/aromatic N) is 4. The molecular formula is C9H6F2N4. The lowest BCUT2D eigenvalue weighted by Gasteiger charge is -2.01. The molecule has 0 amide bonds. The van der Waals surface area contributed by atoms with Crippen LogP contribution in [0.15, 0.2) is 18.2 Å². The maximum atomic E-state index is 13.3. The summed E-state index contributed by atoms with van der Waals surface area (Å²) in [7, 11) is 0. The van der Waals surface area contributed by atoms with E-state index in [0.29, 0.717) is 5.82 Å². The van der Waals surface area contributed by atoms with Gasteiger partial charge in [-0.3, -0.25) is 0 Å². The molecule has 0 aliphatic rings. The van der Waals surface area contributed by atoms with Gasteiger partial charge < -0.3 is 0 Å². The van der Waals surface area contributed by atoms with Crippen LogP contribution in [0.3, 0.4) is 0 Å². The van der Waals surface area contributed by atoms with Crippen molar-refractivity contribution in [1.82, 2.24) is 20.4 Å². The second kappa shape index (κ2) is 3.64. The van der Waals surface area contributed by atoms with Gasteiger partial charge in [-0.2, -0.15) is 0 Å². The molecule has 0 saturated heterocycles. The minimum absolute atomic E-state index is 0.156. The van der Waals surface area contributed by atoms with Crippen LogP contribution in [0, 0.1) is 18.6 Å². The molecule has 2 rings (SSSR count). The van der Waals surface area contributed by atoms with Crippen LogP contribution in [0.4, 0.5) is 8.78 Å². The molecule has 1 heterocycles. The molecule has 0 fully saturated rings. The number of halogens is 2. The maximum Gasteiger partial charge on any atom is 0.209 e. The van der Waals surface area contributed by atoms with Crippen molar-refractivity contribution in [3.05, 3.63) is 35.7 Å². The van der Waals surface area contributed by atoms with E-state index in [1.165, 1.54) is 6.07 Å². The summed E-state index contributed by atoms with van der Waals surface area (Å²) < 4.78 is 26.5. The highest BCUT2D eigenvalue weighted by Gasteiger charge is 2.14. The highest BCUT2D eigenvalue weighted by atomic mass is 19.1. The molecule has 6 heteroatoms. The van der Waals surface area contributed by atoms with Crippen LogP contribution in [0.2, 0.25) is 0 Å². The van der Waals surface area contributed by atoms with Crippen LogP contribution >= 0.6 is 0 Å². The largest absolute Gasteiger partial charge is 0.209 e. The number of aryl methyl sites for hydroxylation is 1. The van der Waals surface area contributed by atoms with Gasteiger partial charge >= 0.3 is 0 Å². The number of rotatable bonds is 1. The van der Waals surface area contributed by atoms with Crippen molar-refractivity contribution in [3.63, 3.8) is 0 Å². The average molecular weight is 208 g/mol. The standard InChI is InChI=1S/C9H6F2N4/c1-5-12-14-9(15-13-5)8-6(10)3-2-4-7(8)11/h2-4H,1H3. The van der Waals surface area contributed by atoms with Gasteiger partial charge in [-0.25, -0.2) is 8.78 Å². The van der Waals surface area contributed by atoms with Gasteiger partial charge in [-0.05, 0) is 19.1 Å². The van der Waals surface area contributed by atoms with Gasteiger partial charge in [-0.1, -0.05) is 6.07 Å². The van der Waals surface area contributed by atoms with Gasteiger partial charge in [0.2, 0.25) is 5.82 Å². The van der Waals surface area contributed by atoms with E-state index >= 15 is 0 Å². The Balaban J connectivity index is 2.58. The predicted octanol–water partition coefficient (Wildman–Crippen LogP) is 1.52. The summed E-state index contributed by atoms with van der Waals surface area (Å²) in [5.74, 6) is -1.28. The lowest BCUT2D eigenvalue weighted by Crippen LogP contribution is -2.01. The summed E-state index contributed by atoms with van der Waals surface area (Å²) in [5.41, 5.74) is -0.308. The molecular weight excluding hydrogens is 202 g/mol. The molecule has 0 saturated carbocycles. The zero-order valence-electron chi connectivity index (χ0n) is 7.78. The Bertz CT molecular complexity index is 464. The number of aromatic nitrogens is 4. The van der Waals surface area contributed by atoms with Crippen molar-refractivity contribution in [3.8, 4) is 11.4 Å². The smallest absolute Gasteiger partial charge is 0.206 e. The first-order valence-corrected chi connectivity index (χ1v) is 4.17. The molecule has 2 aromatic rings. The summed E-state index contributed by atoms with van der Waals surface area (Å²) in [4.78, 5) is 0. The van der Waals surface area contributed by atoms with E-state index in [0.717, 1.165) is 12.1 Å². The third kappa shape index (κ3) is 1.78. The molecule has 4 nitrogen and oxygen atoms in total. The molecule has 0 atom stereocenters. The van der Waals surface area contributed by atoms with Gasteiger partial charge in [-0.15, -0.1) is 20.4 Å². The zero-order valence-corrected chi connectivity index (χ0v) is 7.78. The Morgan fingerprint density at radius 3 is 2.00 bits per heavy atom. The summed E-state index contributed by atoms with van der Waals surface area (Å²) in [6, 6.07) is 3.52. The van der Waals surface area contributed by atoms with Crippen molar-refractivity contribution in [1.29, 1.82) is 0 Å². The molecule has 0 N–H and O–H groups in total. The van der Waals surface area contributed by atoms with Crippen molar-refractivity contribution in [2.24, 2.45) is 0 Å². The molecule has 0 radical (unpaired) electrons. The lowest BCUT2D eigenvalue weighted by molar-refractivity contribution is 0.585. The van der Waals surface area contributed by atoms with Crippen LogP contribution in [0.5, 0.6) is 0 Å². The van der Waals surface area contributed by atoms with Crippen molar-refractivity contribution >= 4 is 0 Å². The van der Waals surface area contributed by atoms with Crippen LogP contribution in [0.25, 0.3) is 11.4 Å². The normalized spacial score (nSPS) is 10.3. The van der Waals surface area contributed by atoms with E-state index in [1.54, 1.807) is 6.92 Å². The molecule has 1 aromatic carbocycles. The number of hydrogen-bond donors (Lipinski definition) is 0. The van der Waals surface area contributed by atoms with Crippen molar-refractivity contribution in [2.45, 2.75) is 6.92 Å². The van der Waals surface area contributed by atoms with E-state index in [-0.39, 0.29) is 11.4 Å². The molecule has 15 heavy (non-hydrogen) atoms. The number of hydrogen-bond acceptors (Lipinski definition) is 4. The van der Waals surface area contributed by atoms with Crippen LogP contribution in [0.1, 0.15) is 5.82 Å². The van der Waals surface area contributed by atoms with E-state index in [2.05, 4.69) is 20.4 Å². The second-order valence-electron chi connectivity index (χ2n) is 2.87. The van der Waals surface area contributed by atoms with E-state index in [9.17, 15) is 8.78 Å². The minimum Gasteiger partial charge on any atom is -0.206 e. The van der Waals surface area contributed by atoms with Gasteiger partial charge in [0.25, 0.3) is 0 Å². The first kappa shape index (κ1) is 9.57. The average Bonchev–Trinajstić information content (AvgIpc) is 2.20. The molecule has 1 aromatic heterocycles. The maximum absolute atomic E-state index is 13.3. The molecule has 0 bridgehead atoms. The van der Waals surface area contributed by atoms with E-state index in [4.69, 9.17) is 0 Å². The van der Waals surface area contributed by atoms with Crippen molar-refractivity contribution < 1.29 is 8.78 Å². The summed E-state index contributed by atoms with van der Waals surface area (Å²) in [6.07, 6.45) is 0. The highest BCUT2D eigenvalue weighted by molar-refractivity contribution is 5.55.